The van der Waals surface area contributed by atoms with Crippen molar-refractivity contribution in [3.8, 4) is 0 Å². The lowest BCUT2D eigenvalue weighted by molar-refractivity contribution is 0.118. The summed E-state index contributed by atoms with van der Waals surface area (Å²) in [6.45, 7) is 1.40. The normalized spacial score (nSPS) is 10.4. The van der Waals surface area contributed by atoms with Gasteiger partial charge in [-0.15, -0.1) is 0 Å². The molecule has 20 heavy (non-hydrogen) atoms. The van der Waals surface area contributed by atoms with Crippen molar-refractivity contribution in [3.63, 3.8) is 0 Å². The van der Waals surface area contributed by atoms with Gasteiger partial charge in [0, 0.05) is 12.2 Å². The van der Waals surface area contributed by atoms with Crippen LogP contribution < -0.4 is 5.73 Å². The third-order valence-electron chi connectivity index (χ3n) is 3.10. The van der Waals surface area contributed by atoms with Gasteiger partial charge in [-0.25, -0.2) is 0 Å². The molecule has 0 atom stereocenters. The van der Waals surface area contributed by atoms with Crippen molar-refractivity contribution in [1.82, 2.24) is 0 Å². The highest BCUT2D eigenvalue weighted by Crippen LogP contribution is 2.07. The Morgan fingerprint density at radius 1 is 0.950 bits per heavy atom. The molecule has 0 aromatic heterocycles. The van der Waals surface area contributed by atoms with E-state index in [2.05, 4.69) is 24.3 Å². The minimum atomic E-state index is 0.431. The summed E-state index contributed by atoms with van der Waals surface area (Å²) in [6.07, 6.45) is 2.09. The number of rotatable bonds is 7. The molecule has 0 aliphatic heterocycles. The van der Waals surface area contributed by atoms with Crippen LogP contribution >= 0.6 is 12.2 Å². The summed E-state index contributed by atoms with van der Waals surface area (Å²) in [6, 6.07) is 18.4. The van der Waals surface area contributed by atoms with Crippen LogP contribution in [0.4, 0.5) is 0 Å². The molecule has 0 unspecified atom stereocenters. The lowest BCUT2D eigenvalue weighted by Crippen LogP contribution is -2.09. The molecule has 2 aromatic carbocycles. The fraction of sp³-hybridized carbons (Fsp3) is 0.235. The van der Waals surface area contributed by atoms with Gasteiger partial charge in [0.05, 0.1) is 6.61 Å². The first-order chi connectivity index (χ1) is 9.75. The zero-order valence-corrected chi connectivity index (χ0v) is 12.2. The zero-order valence-electron chi connectivity index (χ0n) is 11.4. The summed E-state index contributed by atoms with van der Waals surface area (Å²) in [7, 11) is 0. The third kappa shape index (κ3) is 4.76. The number of aryl methyl sites for hydroxylation is 1. The van der Waals surface area contributed by atoms with Gasteiger partial charge in [-0.2, -0.15) is 0 Å². The number of benzene rings is 2. The van der Waals surface area contributed by atoms with Crippen LogP contribution in [0, 0.1) is 0 Å². The molecule has 0 radical (unpaired) electrons. The largest absolute Gasteiger partial charge is 0.389 e. The van der Waals surface area contributed by atoms with Crippen LogP contribution in [-0.4, -0.2) is 11.6 Å². The number of ether oxygens (including phenoxy) is 1. The molecule has 2 aromatic rings. The van der Waals surface area contributed by atoms with Crippen LogP contribution in [-0.2, 0) is 17.8 Å². The summed E-state index contributed by atoms with van der Waals surface area (Å²) < 4.78 is 5.68. The van der Waals surface area contributed by atoms with Crippen LogP contribution in [0.3, 0.4) is 0 Å². The highest BCUT2D eigenvalue weighted by molar-refractivity contribution is 7.80. The van der Waals surface area contributed by atoms with Gasteiger partial charge in [-0.1, -0.05) is 66.8 Å². The SMILES string of the molecule is NC(=S)c1ccc(COCCCc2ccccc2)cc1. The second kappa shape index (κ2) is 7.78. The van der Waals surface area contributed by atoms with E-state index in [1.807, 2.05) is 30.3 Å². The molecule has 0 heterocycles. The second-order valence-corrected chi connectivity index (χ2v) is 5.14. The topological polar surface area (TPSA) is 35.2 Å². The van der Waals surface area contributed by atoms with E-state index in [1.165, 1.54) is 5.56 Å². The molecule has 0 saturated heterocycles. The van der Waals surface area contributed by atoms with E-state index < -0.39 is 0 Å². The maximum absolute atomic E-state index is 5.68. The van der Waals surface area contributed by atoms with Crippen molar-refractivity contribution in [2.45, 2.75) is 19.4 Å². The van der Waals surface area contributed by atoms with Crippen molar-refractivity contribution in [3.05, 3.63) is 71.3 Å². The third-order valence-corrected chi connectivity index (χ3v) is 3.34. The Balaban J connectivity index is 1.67. The Morgan fingerprint density at radius 2 is 1.65 bits per heavy atom. The van der Waals surface area contributed by atoms with Crippen molar-refractivity contribution in [1.29, 1.82) is 0 Å². The number of nitrogens with two attached hydrogens (primary N) is 1. The molecular weight excluding hydrogens is 266 g/mol. The summed E-state index contributed by atoms with van der Waals surface area (Å²) in [5, 5.41) is 0. The van der Waals surface area contributed by atoms with Crippen molar-refractivity contribution >= 4 is 17.2 Å². The van der Waals surface area contributed by atoms with E-state index in [4.69, 9.17) is 22.7 Å². The number of hydrogen-bond acceptors (Lipinski definition) is 2. The molecule has 0 aliphatic rings. The quantitative estimate of drug-likeness (QED) is 0.625. The zero-order chi connectivity index (χ0) is 14.2. The molecule has 2 rings (SSSR count). The summed E-state index contributed by atoms with van der Waals surface area (Å²) >= 11 is 4.92. The van der Waals surface area contributed by atoms with Crippen molar-refractivity contribution < 1.29 is 4.74 Å². The summed E-state index contributed by atoms with van der Waals surface area (Å²) in [4.78, 5) is 0.431. The van der Waals surface area contributed by atoms with Crippen LogP contribution in [0.1, 0.15) is 23.1 Å². The van der Waals surface area contributed by atoms with Crippen molar-refractivity contribution in [2.24, 2.45) is 5.73 Å². The Kier molecular flexibility index (Phi) is 5.71. The summed E-state index contributed by atoms with van der Waals surface area (Å²) in [5.41, 5.74) is 8.96. The molecule has 104 valence electrons. The molecule has 0 bridgehead atoms. The Hall–Kier alpha value is -1.71. The van der Waals surface area contributed by atoms with Crippen LogP contribution in [0.15, 0.2) is 54.6 Å². The first-order valence-electron chi connectivity index (χ1n) is 6.76. The van der Waals surface area contributed by atoms with Crippen LogP contribution in [0.5, 0.6) is 0 Å². The molecular formula is C17H19NOS. The molecule has 2 N–H and O–H groups in total. The van der Waals surface area contributed by atoms with Gasteiger partial charge in [0.2, 0.25) is 0 Å². The van der Waals surface area contributed by atoms with E-state index in [0.29, 0.717) is 11.6 Å². The second-order valence-electron chi connectivity index (χ2n) is 4.70. The van der Waals surface area contributed by atoms with Crippen molar-refractivity contribution in [2.75, 3.05) is 6.61 Å². The van der Waals surface area contributed by atoms with E-state index >= 15 is 0 Å². The van der Waals surface area contributed by atoms with Gasteiger partial charge >= 0.3 is 0 Å². The van der Waals surface area contributed by atoms with E-state index in [-0.39, 0.29) is 0 Å². The molecule has 0 fully saturated rings. The average Bonchev–Trinajstić information content (AvgIpc) is 2.48. The summed E-state index contributed by atoms with van der Waals surface area (Å²) in [5.74, 6) is 0. The molecule has 2 nitrogen and oxygen atoms in total. The molecule has 3 heteroatoms. The predicted molar refractivity (Wildman–Crippen MR) is 86.7 cm³/mol. The van der Waals surface area contributed by atoms with Gasteiger partial charge in [0.25, 0.3) is 0 Å². The monoisotopic (exact) mass is 285 g/mol. The minimum absolute atomic E-state index is 0.431. The maximum atomic E-state index is 5.68. The maximum Gasteiger partial charge on any atom is 0.103 e. The first kappa shape index (κ1) is 14.7. The minimum Gasteiger partial charge on any atom is -0.389 e. The first-order valence-corrected chi connectivity index (χ1v) is 7.17. The Morgan fingerprint density at radius 3 is 2.30 bits per heavy atom. The lowest BCUT2D eigenvalue weighted by atomic mass is 10.1. The van der Waals surface area contributed by atoms with Gasteiger partial charge in [-0.05, 0) is 24.0 Å². The highest BCUT2D eigenvalue weighted by Gasteiger charge is 1.98. The smallest absolute Gasteiger partial charge is 0.103 e. The lowest BCUT2D eigenvalue weighted by Gasteiger charge is -2.06. The van der Waals surface area contributed by atoms with Gasteiger partial charge in [0.15, 0.2) is 0 Å². The Bertz CT molecular complexity index is 537. The average molecular weight is 285 g/mol. The van der Waals surface area contributed by atoms with E-state index in [0.717, 1.165) is 30.6 Å². The fourth-order valence-corrected chi connectivity index (χ4v) is 2.11. The number of thiocarbonyl (C=S) groups is 1. The van der Waals surface area contributed by atoms with Crippen LogP contribution in [0.25, 0.3) is 0 Å². The van der Waals surface area contributed by atoms with Gasteiger partial charge < -0.3 is 10.5 Å². The number of hydrogen-bond donors (Lipinski definition) is 1. The highest BCUT2D eigenvalue weighted by atomic mass is 32.1. The van der Waals surface area contributed by atoms with E-state index in [9.17, 15) is 0 Å². The van der Waals surface area contributed by atoms with E-state index in [1.54, 1.807) is 0 Å². The Labute approximate surface area is 125 Å². The molecule has 0 spiro atoms. The predicted octanol–water partition coefficient (Wildman–Crippen LogP) is 3.47. The standard InChI is InChI=1S/C17H19NOS/c18-17(20)16-10-8-15(9-11-16)13-19-12-4-7-14-5-2-1-3-6-14/h1-3,5-6,8-11H,4,7,12-13H2,(H2,18,20). The van der Waals surface area contributed by atoms with Gasteiger partial charge in [0.1, 0.15) is 4.99 Å². The van der Waals surface area contributed by atoms with Gasteiger partial charge in [-0.3, -0.25) is 0 Å². The molecule has 0 aliphatic carbocycles. The molecule has 0 amide bonds. The molecule has 0 saturated carbocycles. The van der Waals surface area contributed by atoms with Crippen LogP contribution in [0.2, 0.25) is 0 Å². The fourth-order valence-electron chi connectivity index (χ4n) is 1.98.